The largest absolute Gasteiger partial charge is 0.432 e. The summed E-state index contributed by atoms with van der Waals surface area (Å²) in [5.74, 6) is 1.95. The molecule has 1 nitrogen and oxygen atoms in total. The lowest BCUT2D eigenvalue weighted by Crippen LogP contribution is -2.25. The Hall–Kier alpha value is -1.19. The molecule has 0 radical (unpaired) electrons. The minimum atomic E-state index is -2.99. The number of hydrogen-bond acceptors (Lipinski definition) is 1. The van der Waals surface area contributed by atoms with E-state index < -0.39 is 12.4 Å². The van der Waals surface area contributed by atoms with Crippen molar-refractivity contribution in [3.63, 3.8) is 0 Å². The third-order valence-electron chi connectivity index (χ3n) is 6.94. The summed E-state index contributed by atoms with van der Waals surface area (Å²) in [5.41, 5.74) is 0.927. The third kappa shape index (κ3) is 5.65. The smallest absolute Gasteiger partial charge is 0.387 e. The molecular weight excluding hydrogens is 349 g/mol. The third-order valence-corrected chi connectivity index (χ3v) is 6.94. The van der Waals surface area contributed by atoms with Gasteiger partial charge in [-0.2, -0.15) is 8.78 Å². The second-order valence-electron chi connectivity index (χ2n) is 8.60. The summed E-state index contributed by atoms with van der Waals surface area (Å²) >= 11 is 0. The molecule has 27 heavy (non-hydrogen) atoms. The van der Waals surface area contributed by atoms with E-state index in [1.54, 1.807) is 6.07 Å². The number of rotatable bonds is 7. The quantitative estimate of drug-likeness (QED) is 0.469. The Morgan fingerprint density at radius 2 is 1.59 bits per heavy atom. The molecule has 0 aliphatic heterocycles. The molecular formula is C23H33F3O. The molecule has 3 rings (SSSR count). The van der Waals surface area contributed by atoms with Crippen molar-refractivity contribution < 1.29 is 17.9 Å². The van der Waals surface area contributed by atoms with E-state index in [2.05, 4.69) is 11.7 Å². The highest BCUT2D eigenvalue weighted by atomic mass is 19.3. The number of hydrogen-bond donors (Lipinski definition) is 0. The fourth-order valence-corrected chi connectivity index (χ4v) is 5.33. The first-order chi connectivity index (χ1) is 13.1. The first kappa shape index (κ1) is 20.5. The molecule has 0 spiro atoms. The van der Waals surface area contributed by atoms with Crippen LogP contribution in [0.1, 0.15) is 89.0 Å². The van der Waals surface area contributed by atoms with Crippen LogP contribution in [0, 0.1) is 23.6 Å². The highest BCUT2D eigenvalue weighted by Gasteiger charge is 2.31. The van der Waals surface area contributed by atoms with Gasteiger partial charge in [-0.05, 0) is 79.9 Å². The lowest BCUT2D eigenvalue weighted by Gasteiger charge is -2.38. The van der Waals surface area contributed by atoms with Crippen molar-refractivity contribution in [2.75, 3.05) is 0 Å². The SMILES string of the molecule is CCCCC1CCC(C2CCC(c3ccc(OC(F)F)c(F)c3)CC2)CC1. The molecule has 0 unspecified atom stereocenters. The number of benzene rings is 1. The van der Waals surface area contributed by atoms with Crippen LogP contribution in [-0.4, -0.2) is 6.61 Å². The number of ether oxygens (including phenoxy) is 1. The number of halogens is 3. The minimum absolute atomic E-state index is 0.345. The molecule has 1 aromatic rings. The van der Waals surface area contributed by atoms with Gasteiger partial charge in [0, 0.05) is 0 Å². The van der Waals surface area contributed by atoms with Gasteiger partial charge in [-0.3, -0.25) is 0 Å². The van der Waals surface area contributed by atoms with Gasteiger partial charge in [-0.1, -0.05) is 45.1 Å². The van der Waals surface area contributed by atoms with Crippen molar-refractivity contribution in [2.24, 2.45) is 17.8 Å². The van der Waals surface area contributed by atoms with E-state index in [1.807, 2.05) is 0 Å². The van der Waals surface area contributed by atoms with Crippen molar-refractivity contribution in [3.8, 4) is 5.75 Å². The zero-order valence-electron chi connectivity index (χ0n) is 16.4. The Kier molecular flexibility index (Phi) is 7.49. The molecule has 2 aliphatic rings. The molecule has 0 N–H and O–H groups in total. The summed E-state index contributed by atoms with van der Waals surface area (Å²) in [4.78, 5) is 0. The van der Waals surface area contributed by atoms with Crippen molar-refractivity contribution in [2.45, 2.75) is 90.1 Å². The van der Waals surface area contributed by atoms with Crippen molar-refractivity contribution >= 4 is 0 Å². The summed E-state index contributed by atoms with van der Waals surface area (Å²) in [6.07, 6.45) is 14.3. The fraction of sp³-hybridized carbons (Fsp3) is 0.739. The van der Waals surface area contributed by atoms with Crippen molar-refractivity contribution in [1.82, 2.24) is 0 Å². The summed E-state index contributed by atoms with van der Waals surface area (Å²) in [6.45, 7) is -0.715. The molecule has 0 amide bonds. The molecule has 152 valence electrons. The molecule has 0 heterocycles. The molecule has 2 aliphatic carbocycles. The second-order valence-corrected chi connectivity index (χ2v) is 8.60. The van der Waals surface area contributed by atoms with E-state index in [1.165, 1.54) is 69.9 Å². The number of unbranched alkanes of at least 4 members (excludes halogenated alkanes) is 1. The van der Waals surface area contributed by atoms with Gasteiger partial charge in [0.2, 0.25) is 0 Å². The van der Waals surface area contributed by atoms with Crippen LogP contribution in [0.4, 0.5) is 13.2 Å². The molecule has 1 aromatic carbocycles. The fourth-order valence-electron chi connectivity index (χ4n) is 5.33. The van der Waals surface area contributed by atoms with Gasteiger partial charge >= 0.3 is 6.61 Å². The molecule has 2 saturated carbocycles. The first-order valence-corrected chi connectivity index (χ1v) is 10.8. The zero-order chi connectivity index (χ0) is 19.2. The monoisotopic (exact) mass is 382 g/mol. The topological polar surface area (TPSA) is 9.23 Å². The van der Waals surface area contributed by atoms with Crippen LogP contribution in [-0.2, 0) is 0 Å². The maximum atomic E-state index is 14.0. The lowest BCUT2D eigenvalue weighted by molar-refractivity contribution is -0.0522. The van der Waals surface area contributed by atoms with Crippen LogP contribution in [0.25, 0.3) is 0 Å². The normalized spacial score (nSPS) is 29.1. The molecule has 0 atom stereocenters. The van der Waals surface area contributed by atoms with E-state index in [9.17, 15) is 13.2 Å². The summed E-state index contributed by atoms with van der Waals surface area (Å²) in [5, 5.41) is 0. The molecule has 4 heteroatoms. The molecule has 0 saturated heterocycles. The van der Waals surface area contributed by atoms with Crippen LogP contribution < -0.4 is 4.74 Å². The van der Waals surface area contributed by atoms with E-state index in [-0.39, 0.29) is 5.75 Å². The average molecular weight is 383 g/mol. The Bertz CT molecular complexity index is 573. The van der Waals surface area contributed by atoms with Crippen LogP contribution >= 0.6 is 0 Å². The van der Waals surface area contributed by atoms with E-state index in [0.717, 1.165) is 36.2 Å². The molecule has 0 aromatic heterocycles. The zero-order valence-corrected chi connectivity index (χ0v) is 16.4. The van der Waals surface area contributed by atoms with Crippen molar-refractivity contribution in [3.05, 3.63) is 29.6 Å². The van der Waals surface area contributed by atoms with Crippen LogP contribution in [0.2, 0.25) is 0 Å². The average Bonchev–Trinajstić information content (AvgIpc) is 2.68. The van der Waals surface area contributed by atoms with E-state index in [4.69, 9.17) is 0 Å². The summed E-state index contributed by atoms with van der Waals surface area (Å²) in [7, 11) is 0. The Morgan fingerprint density at radius 3 is 2.15 bits per heavy atom. The van der Waals surface area contributed by atoms with Crippen LogP contribution in [0.3, 0.4) is 0 Å². The minimum Gasteiger partial charge on any atom is -0.432 e. The first-order valence-electron chi connectivity index (χ1n) is 10.8. The Balaban J connectivity index is 1.47. The summed E-state index contributed by atoms with van der Waals surface area (Å²) < 4.78 is 42.8. The maximum Gasteiger partial charge on any atom is 0.387 e. The van der Waals surface area contributed by atoms with Crippen LogP contribution in [0.5, 0.6) is 5.75 Å². The van der Waals surface area contributed by atoms with Gasteiger partial charge in [0.1, 0.15) is 0 Å². The summed E-state index contributed by atoms with van der Waals surface area (Å²) in [6, 6.07) is 4.49. The van der Waals surface area contributed by atoms with E-state index >= 15 is 0 Å². The molecule has 0 bridgehead atoms. The standard InChI is InChI=1S/C23H33F3O/c1-2-3-4-16-5-7-17(8-6-16)18-9-11-19(12-10-18)20-13-14-22(21(24)15-20)27-23(25)26/h13-19,23H,2-12H2,1H3. The Morgan fingerprint density at radius 1 is 0.963 bits per heavy atom. The van der Waals surface area contributed by atoms with Gasteiger partial charge in [-0.25, -0.2) is 4.39 Å². The van der Waals surface area contributed by atoms with Gasteiger partial charge in [0.25, 0.3) is 0 Å². The van der Waals surface area contributed by atoms with Crippen LogP contribution in [0.15, 0.2) is 18.2 Å². The lowest BCUT2D eigenvalue weighted by atomic mass is 9.68. The second kappa shape index (κ2) is 9.84. The Labute approximate surface area is 161 Å². The van der Waals surface area contributed by atoms with Gasteiger partial charge in [-0.15, -0.1) is 0 Å². The van der Waals surface area contributed by atoms with E-state index in [0.29, 0.717) is 5.92 Å². The van der Waals surface area contributed by atoms with Gasteiger partial charge in [0.15, 0.2) is 11.6 Å². The van der Waals surface area contributed by atoms with Gasteiger partial charge in [0.05, 0.1) is 0 Å². The predicted molar refractivity (Wildman–Crippen MR) is 103 cm³/mol. The number of alkyl halides is 2. The highest BCUT2D eigenvalue weighted by Crippen LogP contribution is 2.44. The van der Waals surface area contributed by atoms with Gasteiger partial charge < -0.3 is 4.74 Å². The molecule has 2 fully saturated rings. The van der Waals surface area contributed by atoms with Crippen molar-refractivity contribution in [1.29, 1.82) is 0 Å². The predicted octanol–water partition coefficient (Wildman–Crippen LogP) is 7.70. The maximum absolute atomic E-state index is 14.0. The highest BCUT2D eigenvalue weighted by molar-refractivity contribution is 5.31.